The van der Waals surface area contributed by atoms with Gasteiger partial charge in [0.2, 0.25) is 10.0 Å². The monoisotopic (exact) mass is 290 g/mol. The molecule has 2 rings (SSSR count). The zero-order valence-electron chi connectivity index (χ0n) is 10.6. The van der Waals surface area contributed by atoms with Crippen LogP contribution in [0.2, 0.25) is 0 Å². The van der Waals surface area contributed by atoms with Gasteiger partial charge >= 0.3 is 0 Å². The Balaban J connectivity index is 2.31. The Labute approximate surface area is 111 Å². The first kappa shape index (κ1) is 14.4. The van der Waals surface area contributed by atoms with Gasteiger partial charge in [0.1, 0.15) is 16.5 Å². The number of rotatable bonds is 3. The molecule has 0 unspecified atom stereocenters. The minimum Gasteiger partial charge on any atom is -0.316 e. The zero-order valence-corrected chi connectivity index (χ0v) is 11.4. The summed E-state index contributed by atoms with van der Waals surface area (Å²) in [5, 5.41) is 3.02. The van der Waals surface area contributed by atoms with Gasteiger partial charge in [0.05, 0.1) is 0 Å². The molecule has 106 valence electrons. The normalized spacial score (nSPS) is 21.5. The highest BCUT2D eigenvalue weighted by atomic mass is 32.2. The van der Waals surface area contributed by atoms with Crippen molar-refractivity contribution in [3.63, 3.8) is 0 Å². The van der Waals surface area contributed by atoms with Crippen LogP contribution in [0, 0.1) is 11.6 Å². The Morgan fingerprint density at radius 2 is 2.11 bits per heavy atom. The fraction of sp³-hybridized carbons (Fsp3) is 0.500. The first-order valence-electron chi connectivity index (χ1n) is 6.07. The summed E-state index contributed by atoms with van der Waals surface area (Å²) in [6.07, 6.45) is 1.60. The largest absolute Gasteiger partial charge is 0.316 e. The average molecular weight is 290 g/mol. The molecule has 4 nitrogen and oxygen atoms in total. The lowest BCUT2D eigenvalue weighted by molar-refractivity contribution is 0.292. The van der Waals surface area contributed by atoms with E-state index in [1.165, 1.54) is 4.31 Å². The van der Waals surface area contributed by atoms with Crippen molar-refractivity contribution in [3.05, 3.63) is 29.8 Å². The molecule has 0 saturated carbocycles. The van der Waals surface area contributed by atoms with Gasteiger partial charge in [-0.05, 0) is 32.0 Å². The average Bonchev–Trinajstić information content (AvgIpc) is 2.38. The van der Waals surface area contributed by atoms with Gasteiger partial charge in [0.15, 0.2) is 0 Å². The molecular weight excluding hydrogens is 274 g/mol. The number of nitrogens with one attached hydrogen (secondary N) is 1. The SMILES string of the molecule is CN[C@@H]1CCCN(S(=O)(=O)c2ccc(F)cc2F)C1. The van der Waals surface area contributed by atoms with E-state index in [9.17, 15) is 17.2 Å². The Morgan fingerprint density at radius 3 is 2.74 bits per heavy atom. The van der Waals surface area contributed by atoms with Gasteiger partial charge in [-0.25, -0.2) is 17.2 Å². The minimum absolute atomic E-state index is 0.0621. The van der Waals surface area contributed by atoms with Crippen LogP contribution in [0.3, 0.4) is 0 Å². The second kappa shape index (κ2) is 5.52. The Bertz CT molecular complexity index is 563. The molecule has 0 amide bonds. The van der Waals surface area contributed by atoms with E-state index < -0.39 is 26.6 Å². The van der Waals surface area contributed by atoms with Gasteiger partial charge < -0.3 is 5.32 Å². The van der Waals surface area contributed by atoms with Crippen LogP contribution in [-0.2, 0) is 10.0 Å². The molecule has 1 N–H and O–H groups in total. The molecule has 1 saturated heterocycles. The zero-order chi connectivity index (χ0) is 14.0. The van der Waals surface area contributed by atoms with Crippen molar-refractivity contribution >= 4 is 10.0 Å². The Hall–Kier alpha value is -1.05. The second-order valence-corrected chi connectivity index (χ2v) is 6.47. The summed E-state index contributed by atoms with van der Waals surface area (Å²) >= 11 is 0. The lowest BCUT2D eigenvalue weighted by Crippen LogP contribution is -2.47. The van der Waals surface area contributed by atoms with Crippen LogP contribution in [-0.4, -0.2) is 38.9 Å². The van der Waals surface area contributed by atoms with Gasteiger partial charge in [-0.1, -0.05) is 0 Å². The van der Waals surface area contributed by atoms with Crippen molar-refractivity contribution < 1.29 is 17.2 Å². The Kier molecular flexibility index (Phi) is 4.17. The molecule has 0 radical (unpaired) electrons. The van der Waals surface area contributed by atoms with E-state index in [2.05, 4.69) is 5.32 Å². The van der Waals surface area contributed by atoms with E-state index in [0.717, 1.165) is 18.6 Å². The van der Waals surface area contributed by atoms with Crippen molar-refractivity contribution in [3.8, 4) is 0 Å². The third-order valence-electron chi connectivity index (χ3n) is 3.30. The van der Waals surface area contributed by atoms with Crippen molar-refractivity contribution in [2.75, 3.05) is 20.1 Å². The van der Waals surface area contributed by atoms with Crippen LogP contribution in [0.1, 0.15) is 12.8 Å². The predicted molar refractivity (Wildman–Crippen MR) is 67.2 cm³/mol. The smallest absolute Gasteiger partial charge is 0.246 e. The third kappa shape index (κ3) is 2.93. The number of sulfonamides is 1. The standard InChI is InChI=1S/C12H16F2N2O2S/c1-15-10-3-2-6-16(8-10)19(17,18)12-5-4-9(13)7-11(12)14/h4-5,7,10,15H,2-3,6,8H2,1H3/t10-/m1/s1. The molecular formula is C12H16F2N2O2S. The van der Waals surface area contributed by atoms with Gasteiger partial charge in [0.25, 0.3) is 0 Å². The summed E-state index contributed by atoms with van der Waals surface area (Å²) in [4.78, 5) is -0.467. The number of hydrogen-bond acceptors (Lipinski definition) is 3. The van der Waals surface area contributed by atoms with Gasteiger partial charge in [-0.3, -0.25) is 0 Å². The van der Waals surface area contributed by atoms with Gasteiger partial charge in [-0.2, -0.15) is 4.31 Å². The molecule has 1 aromatic rings. The molecule has 0 bridgehead atoms. The molecule has 1 atom stereocenters. The van der Waals surface area contributed by atoms with Crippen LogP contribution in [0.15, 0.2) is 23.1 Å². The van der Waals surface area contributed by atoms with E-state index in [1.54, 1.807) is 7.05 Å². The fourth-order valence-electron chi connectivity index (χ4n) is 2.22. The predicted octanol–water partition coefficient (Wildman–Crippen LogP) is 1.34. The maximum Gasteiger partial charge on any atom is 0.246 e. The first-order chi connectivity index (χ1) is 8.95. The van der Waals surface area contributed by atoms with Crippen LogP contribution in [0.5, 0.6) is 0 Å². The first-order valence-corrected chi connectivity index (χ1v) is 7.51. The molecule has 1 aliphatic rings. The molecule has 0 aromatic heterocycles. The minimum atomic E-state index is -3.90. The maximum atomic E-state index is 13.6. The molecule has 0 aliphatic carbocycles. The number of likely N-dealkylation sites (N-methyl/N-ethyl adjacent to an activating group) is 1. The van der Waals surface area contributed by atoms with E-state index in [-0.39, 0.29) is 6.04 Å². The third-order valence-corrected chi connectivity index (χ3v) is 5.20. The van der Waals surface area contributed by atoms with Gasteiger partial charge in [-0.15, -0.1) is 0 Å². The summed E-state index contributed by atoms with van der Waals surface area (Å²) < 4.78 is 52.3. The number of hydrogen-bond donors (Lipinski definition) is 1. The van der Waals surface area contributed by atoms with Crippen molar-refractivity contribution in [1.29, 1.82) is 0 Å². The number of benzene rings is 1. The van der Waals surface area contributed by atoms with Crippen molar-refractivity contribution in [2.45, 2.75) is 23.8 Å². The highest BCUT2D eigenvalue weighted by Gasteiger charge is 2.31. The van der Waals surface area contributed by atoms with Crippen LogP contribution in [0.4, 0.5) is 8.78 Å². The number of halogens is 2. The van der Waals surface area contributed by atoms with E-state index >= 15 is 0 Å². The molecule has 7 heteroatoms. The molecule has 1 aliphatic heterocycles. The Morgan fingerprint density at radius 1 is 1.37 bits per heavy atom. The van der Waals surface area contributed by atoms with Crippen molar-refractivity contribution in [2.24, 2.45) is 0 Å². The fourth-order valence-corrected chi connectivity index (χ4v) is 3.79. The van der Waals surface area contributed by atoms with Crippen molar-refractivity contribution in [1.82, 2.24) is 9.62 Å². The van der Waals surface area contributed by atoms with E-state index in [0.29, 0.717) is 25.6 Å². The summed E-state index contributed by atoms with van der Waals surface area (Å²) in [5.41, 5.74) is 0. The summed E-state index contributed by atoms with van der Waals surface area (Å²) in [6, 6.07) is 2.58. The highest BCUT2D eigenvalue weighted by molar-refractivity contribution is 7.89. The molecule has 0 spiro atoms. The highest BCUT2D eigenvalue weighted by Crippen LogP contribution is 2.23. The summed E-state index contributed by atoms with van der Waals surface area (Å²) in [7, 11) is -2.14. The number of piperidine rings is 1. The second-order valence-electron chi connectivity index (χ2n) is 4.57. The topological polar surface area (TPSA) is 49.4 Å². The summed E-state index contributed by atoms with van der Waals surface area (Å²) in [6.45, 7) is 0.660. The summed E-state index contributed by atoms with van der Waals surface area (Å²) in [5.74, 6) is -1.84. The van der Waals surface area contributed by atoms with E-state index in [1.807, 2.05) is 0 Å². The number of nitrogens with zero attached hydrogens (tertiary/aromatic N) is 1. The lowest BCUT2D eigenvalue weighted by atomic mass is 10.1. The molecule has 19 heavy (non-hydrogen) atoms. The van der Waals surface area contributed by atoms with Crippen LogP contribution in [0.25, 0.3) is 0 Å². The van der Waals surface area contributed by atoms with Gasteiger partial charge in [0, 0.05) is 25.2 Å². The molecule has 1 fully saturated rings. The lowest BCUT2D eigenvalue weighted by Gasteiger charge is -2.31. The maximum absolute atomic E-state index is 13.6. The molecule has 1 aromatic carbocycles. The van der Waals surface area contributed by atoms with Crippen LogP contribution >= 0.6 is 0 Å². The van der Waals surface area contributed by atoms with Crippen LogP contribution < -0.4 is 5.32 Å². The molecule has 1 heterocycles. The quantitative estimate of drug-likeness (QED) is 0.914. The van der Waals surface area contributed by atoms with E-state index in [4.69, 9.17) is 0 Å².